The molecule has 2 nitrogen and oxygen atoms in total. The van der Waals surface area contributed by atoms with Gasteiger partial charge in [0.2, 0.25) is 0 Å². The molecule has 0 radical (unpaired) electrons. The van der Waals surface area contributed by atoms with Crippen molar-refractivity contribution in [3.05, 3.63) is 11.6 Å². The van der Waals surface area contributed by atoms with E-state index in [1.165, 1.54) is 19.4 Å². The number of allylic oxidation sites excluding steroid dienone is 1. The quantitative estimate of drug-likeness (QED) is 0.684. The molecule has 1 aliphatic heterocycles. The van der Waals surface area contributed by atoms with Gasteiger partial charge in [-0.2, -0.15) is 5.26 Å². The van der Waals surface area contributed by atoms with Crippen LogP contribution in [-0.4, -0.2) is 24.5 Å². The molecule has 0 aromatic heterocycles. The van der Waals surface area contributed by atoms with Crippen molar-refractivity contribution in [1.29, 1.82) is 5.26 Å². The Morgan fingerprint density at radius 1 is 1.35 bits per heavy atom. The number of nitriles is 1. The number of hydrogen-bond donors (Lipinski definition) is 0. The van der Waals surface area contributed by atoms with Crippen LogP contribution in [0, 0.1) is 29.1 Å². The molecule has 0 bridgehead atoms. The molecule has 0 aromatic rings. The molecule has 1 saturated heterocycles. The van der Waals surface area contributed by atoms with Crippen molar-refractivity contribution in [3.8, 4) is 6.07 Å². The SMILES string of the molecule is CC1=CCCC(C)C1CN1CCC(C#N)CC1. The third kappa shape index (κ3) is 3.10. The molecular weight excluding hydrogens is 208 g/mol. The summed E-state index contributed by atoms with van der Waals surface area (Å²) in [6.07, 6.45) is 7.17. The molecule has 0 amide bonds. The summed E-state index contributed by atoms with van der Waals surface area (Å²) in [5.74, 6) is 1.89. The minimum Gasteiger partial charge on any atom is -0.303 e. The summed E-state index contributed by atoms with van der Waals surface area (Å²) < 4.78 is 0. The monoisotopic (exact) mass is 232 g/mol. The van der Waals surface area contributed by atoms with Crippen LogP contribution in [0.5, 0.6) is 0 Å². The van der Waals surface area contributed by atoms with Crippen molar-refractivity contribution in [2.24, 2.45) is 17.8 Å². The zero-order valence-electron chi connectivity index (χ0n) is 11.2. The molecule has 17 heavy (non-hydrogen) atoms. The average Bonchev–Trinajstić information content (AvgIpc) is 2.35. The van der Waals surface area contributed by atoms with E-state index < -0.39 is 0 Å². The van der Waals surface area contributed by atoms with Crippen molar-refractivity contribution in [2.45, 2.75) is 39.5 Å². The molecule has 2 heteroatoms. The van der Waals surface area contributed by atoms with Crippen LogP contribution in [0.25, 0.3) is 0 Å². The Bertz CT molecular complexity index is 318. The normalized spacial score (nSPS) is 31.9. The first kappa shape index (κ1) is 12.6. The van der Waals surface area contributed by atoms with Crippen LogP contribution in [0.2, 0.25) is 0 Å². The number of hydrogen-bond acceptors (Lipinski definition) is 2. The lowest BCUT2D eigenvalue weighted by Gasteiger charge is -2.36. The second kappa shape index (κ2) is 5.69. The minimum atomic E-state index is 0.312. The maximum atomic E-state index is 8.91. The summed E-state index contributed by atoms with van der Waals surface area (Å²) in [6.45, 7) is 8.14. The predicted octanol–water partition coefficient (Wildman–Crippen LogP) is 3.21. The lowest BCUT2D eigenvalue weighted by Crippen LogP contribution is -2.39. The Morgan fingerprint density at radius 3 is 2.65 bits per heavy atom. The van der Waals surface area contributed by atoms with E-state index in [0.717, 1.165) is 37.8 Å². The van der Waals surface area contributed by atoms with Gasteiger partial charge in [0.25, 0.3) is 0 Å². The first-order valence-corrected chi connectivity index (χ1v) is 6.99. The molecule has 1 heterocycles. The summed E-state index contributed by atoms with van der Waals surface area (Å²) in [4.78, 5) is 2.57. The van der Waals surface area contributed by atoms with Crippen LogP contribution in [0.1, 0.15) is 39.5 Å². The van der Waals surface area contributed by atoms with E-state index in [1.807, 2.05) is 0 Å². The lowest BCUT2D eigenvalue weighted by atomic mass is 9.79. The van der Waals surface area contributed by atoms with E-state index in [4.69, 9.17) is 5.26 Å². The van der Waals surface area contributed by atoms with Crippen LogP contribution in [-0.2, 0) is 0 Å². The Balaban J connectivity index is 1.87. The highest BCUT2D eigenvalue weighted by molar-refractivity contribution is 5.09. The number of nitrogens with zero attached hydrogens (tertiary/aromatic N) is 2. The molecular formula is C15H24N2. The molecule has 2 rings (SSSR count). The van der Waals surface area contributed by atoms with E-state index in [-0.39, 0.29) is 0 Å². The van der Waals surface area contributed by atoms with Gasteiger partial charge in [-0.25, -0.2) is 0 Å². The van der Waals surface area contributed by atoms with Crippen LogP contribution in [0.4, 0.5) is 0 Å². The number of rotatable bonds is 2. The molecule has 1 fully saturated rings. The van der Waals surface area contributed by atoms with Crippen LogP contribution in [0.3, 0.4) is 0 Å². The molecule has 0 saturated carbocycles. The Labute approximate surface area is 105 Å². The van der Waals surface area contributed by atoms with Crippen molar-refractivity contribution < 1.29 is 0 Å². The zero-order chi connectivity index (χ0) is 12.3. The highest BCUT2D eigenvalue weighted by Crippen LogP contribution is 2.31. The molecule has 94 valence electrons. The van der Waals surface area contributed by atoms with Crippen molar-refractivity contribution in [2.75, 3.05) is 19.6 Å². The first-order valence-electron chi connectivity index (χ1n) is 6.99. The van der Waals surface area contributed by atoms with Crippen LogP contribution in [0.15, 0.2) is 11.6 Å². The maximum Gasteiger partial charge on any atom is 0.0656 e. The number of likely N-dealkylation sites (tertiary alicyclic amines) is 1. The third-order valence-corrected chi connectivity index (χ3v) is 4.59. The standard InChI is InChI=1S/C15H24N2/c1-12-4-3-5-13(2)15(12)11-17-8-6-14(10-16)7-9-17/h4,13-15H,3,5-9,11H2,1-2H3. The van der Waals surface area contributed by atoms with Gasteiger partial charge in [0.15, 0.2) is 0 Å². The Morgan fingerprint density at radius 2 is 2.06 bits per heavy atom. The highest BCUT2D eigenvalue weighted by Gasteiger charge is 2.26. The topological polar surface area (TPSA) is 27.0 Å². The van der Waals surface area contributed by atoms with Gasteiger partial charge >= 0.3 is 0 Å². The highest BCUT2D eigenvalue weighted by atomic mass is 15.1. The van der Waals surface area contributed by atoms with Crippen molar-refractivity contribution in [3.63, 3.8) is 0 Å². The van der Waals surface area contributed by atoms with Gasteiger partial charge in [0.05, 0.1) is 6.07 Å². The molecule has 0 aromatic carbocycles. The van der Waals surface area contributed by atoms with Gasteiger partial charge in [-0.05, 0) is 57.5 Å². The predicted molar refractivity (Wildman–Crippen MR) is 70.4 cm³/mol. The fraction of sp³-hybridized carbons (Fsp3) is 0.800. The summed E-state index contributed by atoms with van der Waals surface area (Å²) >= 11 is 0. The largest absolute Gasteiger partial charge is 0.303 e. The summed E-state index contributed by atoms with van der Waals surface area (Å²) in [5, 5.41) is 8.91. The van der Waals surface area contributed by atoms with Crippen LogP contribution >= 0.6 is 0 Å². The van der Waals surface area contributed by atoms with Gasteiger partial charge in [-0.3, -0.25) is 0 Å². The second-order valence-electron chi connectivity index (χ2n) is 5.81. The van der Waals surface area contributed by atoms with Gasteiger partial charge in [0.1, 0.15) is 0 Å². The number of piperidine rings is 1. The van der Waals surface area contributed by atoms with Gasteiger partial charge in [0, 0.05) is 12.5 Å². The smallest absolute Gasteiger partial charge is 0.0656 e. The van der Waals surface area contributed by atoms with Gasteiger partial charge in [-0.15, -0.1) is 0 Å². The molecule has 0 spiro atoms. The molecule has 1 aliphatic carbocycles. The Hall–Kier alpha value is -0.810. The van der Waals surface area contributed by atoms with E-state index in [2.05, 4.69) is 30.9 Å². The van der Waals surface area contributed by atoms with Gasteiger partial charge < -0.3 is 4.90 Å². The summed E-state index contributed by atoms with van der Waals surface area (Å²) in [5.41, 5.74) is 1.59. The fourth-order valence-electron chi connectivity index (χ4n) is 3.22. The third-order valence-electron chi connectivity index (χ3n) is 4.59. The van der Waals surface area contributed by atoms with E-state index in [9.17, 15) is 0 Å². The first-order chi connectivity index (χ1) is 8.20. The van der Waals surface area contributed by atoms with Crippen molar-refractivity contribution in [1.82, 2.24) is 4.90 Å². The minimum absolute atomic E-state index is 0.312. The summed E-state index contributed by atoms with van der Waals surface area (Å²) in [6, 6.07) is 2.41. The molecule has 2 atom stereocenters. The van der Waals surface area contributed by atoms with E-state index in [0.29, 0.717) is 5.92 Å². The molecule has 2 aliphatic rings. The maximum absolute atomic E-state index is 8.91. The van der Waals surface area contributed by atoms with Crippen LogP contribution < -0.4 is 0 Å². The molecule has 2 unspecified atom stereocenters. The fourth-order valence-corrected chi connectivity index (χ4v) is 3.22. The zero-order valence-corrected chi connectivity index (χ0v) is 11.2. The summed E-state index contributed by atoms with van der Waals surface area (Å²) in [7, 11) is 0. The second-order valence-corrected chi connectivity index (χ2v) is 5.81. The average molecular weight is 232 g/mol. The van der Waals surface area contributed by atoms with E-state index in [1.54, 1.807) is 5.57 Å². The molecule has 0 N–H and O–H groups in total. The van der Waals surface area contributed by atoms with E-state index >= 15 is 0 Å². The van der Waals surface area contributed by atoms with Crippen molar-refractivity contribution >= 4 is 0 Å². The Kier molecular flexibility index (Phi) is 4.23. The van der Waals surface area contributed by atoms with Gasteiger partial charge in [-0.1, -0.05) is 18.6 Å². The lowest BCUT2D eigenvalue weighted by molar-refractivity contribution is 0.163.